The molecule has 2 aromatic carbocycles. The number of benzene rings is 2. The van der Waals surface area contributed by atoms with Crippen LogP contribution in [0.1, 0.15) is 19.4 Å². The van der Waals surface area contributed by atoms with Crippen molar-refractivity contribution in [1.29, 1.82) is 0 Å². The van der Waals surface area contributed by atoms with Crippen molar-refractivity contribution in [3.8, 4) is 0 Å². The summed E-state index contributed by atoms with van der Waals surface area (Å²) in [5, 5.41) is 3.26. The number of hydrogen-bond acceptors (Lipinski definition) is 4. The first-order valence-electron chi connectivity index (χ1n) is 9.48. The molecule has 0 aromatic heterocycles. The van der Waals surface area contributed by atoms with Crippen LogP contribution in [-0.4, -0.2) is 50.5 Å². The summed E-state index contributed by atoms with van der Waals surface area (Å²) in [6.07, 6.45) is 1.05. The van der Waals surface area contributed by atoms with Gasteiger partial charge >= 0.3 is 0 Å². The van der Waals surface area contributed by atoms with Crippen LogP contribution in [0.2, 0.25) is 5.02 Å². The second kappa shape index (κ2) is 10.4. The second-order valence-electron chi connectivity index (χ2n) is 6.82. The summed E-state index contributed by atoms with van der Waals surface area (Å²) in [4.78, 5) is 27.0. The highest BCUT2D eigenvalue weighted by atomic mass is 35.5. The molecule has 162 valence electrons. The largest absolute Gasteiger partial charge is 0.355 e. The minimum atomic E-state index is -3.71. The zero-order valence-electron chi connectivity index (χ0n) is 17.2. The molecule has 0 spiro atoms. The van der Waals surface area contributed by atoms with E-state index in [1.54, 1.807) is 68.4 Å². The molecular formula is C21H26ClN3O4S. The average Bonchev–Trinajstić information content (AvgIpc) is 2.71. The number of sulfonamides is 1. The number of para-hydroxylation sites is 1. The van der Waals surface area contributed by atoms with Gasteiger partial charge in [0.1, 0.15) is 12.6 Å². The lowest BCUT2D eigenvalue weighted by molar-refractivity contribution is -0.139. The molecular weight excluding hydrogens is 426 g/mol. The second-order valence-corrected chi connectivity index (χ2v) is 9.17. The van der Waals surface area contributed by atoms with Crippen LogP contribution >= 0.6 is 11.6 Å². The SMILES string of the molecule is CCNC(=O)[C@@H](C)N(Cc1ccc(Cl)cc1)C(=O)CN(c1ccccc1)S(C)(=O)=O. The van der Waals surface area contributed by atoms with Gasteiger partial charge in [0.05, 0.1) is 11.9 Å². The van der Waals surface area contributed by atoms with Crippen molar-refractivity contribution in [1.82, 2.24) is 10.2 Å². The van der Waals surface area contributed by atoms with Crippen molar-refractivity contribution in [3.63, 3.8) is 0 Å². The minimum absolute atomic E-state index is 0.140. The van der Waals surface area contributed by atoms with Crippen molar-refractivity contribution in [2.24, 2.45) is 0 Å². The van der Waals surface area contributed by atoms with E-state index in [9.17, 15) is 18.0 Å². The van der Waals surface area contributed by atoms with Gasteiger partial charge in [0, 0.05) is 18.1 Å². The van der Waals surface area contributed by atoms with Gasteiger partial charge in [0.15, 0.2) is 0 Å². The van der Waals surface area contributed by atoms with Gasteiger partial charge in [-0.1, -0.05) is 41.9 Å². The van der Waals surface area contributed by atoms with E-state index in [0.29, 0.717) is 17.3 Å². The highest BCUT2D eigenvalue weighted by Gasteiger charge is 2.29. The molecule has 1 atom stereocenters. The van der Waals surface area contributed by atoms with Gasteiger partial charge in [0.25, 0.3) is 0 Å². The summed E-state index contributed by atoms with van der Waals surface area (Å²) in [6.45, 7) is 3.55. The summed E-state index contributed by atoms with van der Waals surface area (Å²) in [5.74, 6) is -0.802. The van der Waals surface area contributed by atoms with E-state index in [1.807, 2.05) is 0 Å². The van der Waals surface area contributed by atoms with E-state index in [0.717, 1.165) is 16.1 Å². The maximum Gasteiger partial charge on any atom is 0.244 e. The van der Waals surface area contributed by atoms with Gasteiger partial charge in [-0.15, -0.1) is 0 Å². The van der Waals surface area contributed by atoms with E-state index >= 15 is 0 Å². The molecule has 0 aliphatic heterocycles. The molecule has 0 heterocycles. The smallest absolute Gasteiger partial charge is 0.244 e. The molecule has 0 aliphatic rings. The van der Waals surface area contributed by atoms with Gasteiger partial charge < -0.3 is 10.2 Å². The average molecular weight is 452 g/mol. The lowest BCUT2D eigenvalue weighted by Gasteiger charge is -2.31. The number of anilines is 1. The zero-order chi connectivity index (χ0) is 22.3. The standard InChI is InChI=1S/C21H26ClN3O4S/c1-4-23-21(27)16(2)24(14-17-10-12-18(22)13-11-17)20(26)15-25(30(3,28)29)19-8-6-5-7-9-19/h5-13,16H,4,14-15H2,1-3H3,(H,23,27)/t16-/m1/s1. The third-order valence-corrected chi connectivity index (χ3v) is 5.90. The number of nitrogens with zero attached hydrogens (tertiary/aromatic N) is 2. The maximum absolute atomic E-state index is 13.2. The van der Waals surface area contributed by atoms with Crippen molar-refractivity contribution < 1.29 is 18.0 Å². The van der Waals surface area contributed by atoms with Gasteiger partial charge in [-0.05, 0) is 43.7 Å². The van der Waals surface area contributed by atoms with Crippen molar-refractivity contribution in [3.05, 3.63) is 65.2 Å². The Morgan fingerprint density at radius 3 is 2.20 bits per heavy atom. The van der Waals surface area contributed by atoms with E-state index in [-0.39, 0.29) is 12.5 Å². The first-order chi connectivity index (χ1) is 14.1. The molecule has 30 heavy (non-hydrogen) atoms. The van der Waals surface area contributed by atoms with Gasteiger partial charge in [-0.3, -0.25) is 13.9 Å². The maximum atomic E-state index is 13.2. The van der Waals surface area contributed by atoms with Crippen LogP contribution in [0.15, 0.2) is 54.6 Å². The Morgan fingerprint density at radius 2 is 1.67 bits per heavy atom. The lowest BCUT2D eigenvalue weighted by Crippen LogP contribution is -2.51. The minimum Gasteiger partial charge on any atom is -0.355 e. The fraction of sp³-hybridized carbons (Fsp3) is 0.333. The summed E-state index contributed by atoms with van der Waals surface area (Å²) < 4.78 is 25.7. The first-order valence-corrected chi connectivity index (χ1v) is 11.7. The van der Waals surface area contributed by atoms with Crippen LogP contribution in [0.5, 0.6) is 0 Å². The Bertz CT molecular complexity index is 966. The Labute approximate surface area is 182 Å². The van der Waals surface area contributed by atoms with Crippen LogP contribution in [0, 0.1) is 0 Å². The third-order valence-electron chi connectivity index (χ3n) is 4.51. The molecule has 0 aliphatic carbocycles. The molecule has 0 unspecified atom stereocenters. The zero-order valence-corrected chi connectivity index (χ0v) is 18.8. The number of carbonyl (C=O) groups is 2. The van der Waals surface area contributed by atoms with E-state index < -0.39 is 28.5 Å². The number of halogens is 1. The predicted octanol–water partition coefficient (Wildman–Crippen LogP) is 2.66. The van der Waals surface area contributed by atoms with Crippen LogP contribution < -0.4 is 9.62 Å². The van der Waals surface area contributed by atoms with Crippen LogP contribution in [-0.2, 0) is 26.2 Å². The number of hydrogen-bond donors (Lipinski definition) is 1. The van der Waals surface area contributed by atoms with Gasteiger partial charge in [0.2, 0.25) is 21.8 Å². The summed E-state index contributed by atoms with van der Waals surface area (Å²) in [7, 11) is -3.71. The highest BCUT2D eigenvalue weighted by molar-refractivity contribution is 7.92. The lowest BCUT2D eigenvalue weighted by atomic mass is 10.1. The number of rotatable bonds is 9. The normalized spacial score (nSPS) is 12.1. The summed E-state index contributed by atoms with van der Waals surface area (Å²) >= 11 is 5.93. The number of amides is 2. The fourth-order valence-corrected chi connectivity index (χ4v) is 3.87. The van der Waals surface area contributed by atoms with Crippen molar-refractivity contribution in [2.75, 3.05) is 23.7 Å². The molecule has 0 bridgehead atoms. The summed E-state index contributed by atoms with van der Waals surface area (Å²) in [5.41, 5.74) is 1.15. The fourth-order valence-electron chi connectivity index (χ4n) is 2.90. The van der Waals surface area contributed by atoms with E-state index in [4.69, 9.17) is 11.6 Å². The van der Waals surface area contributed by atoms with Crippen molar-refractivity contribution in [2.45, 2.75) is 26.4 Å². The van der Waals surface area contributed by atoms with E-state index in [1.165, 1.54) is 4.90 Å². The Hall–Kier alpha value is -2.58. The van der Waals surface area contributed by atoms with Crippen molar-refractivity contribution >= 4 is 39.1 Å². The van der Waals surface area contributed by atoms with E-state index in [2.05, 4.69) is 5.32 Å². The topological polar surface area (TPSA) is 86.8 Å². The number of carbonyl (C=O) groups excluding carboxylic acids is 2. The number of likely N-dealkylation sites (N-methyl/N-ethyl adjacent to an activating group) is 1. The molecule has 2 aromatic rings. The summed E-state index contributed by atoms with van der Waals surface area (Å²) in [6, 6.07) is 14.5. The molecule has 0 saturated carbocycles. The quantitative estimate of drug-likeness (QED) is 0.635. The van der Waals surface area contributed by atoms with Gasteiger partial charge in [-0.25, -0.2) is 8.42 Å². The molecule has 0 fully saturated rings. The Morgan fingerprint density at radius 1 is 1.07 bits per heavy atom. The van der Waals surface area contributed by atoms with Crippen LogP contribution in [0.25, 0.3) is 0 Å². The highest BCUT2D eigenvalue weighted by Crippen LogP contribution is 2.19. The molecule has 0 saturated heterocycles. The number of nitrogens with one attached hydrogen (secondary N) is 1. The molecule has 2 rings (SSSR count). The van der Waals surface area contributed by atoms with Crippen LogP contribution in [0.3, 0.4) is 0 Å². The Kier molecular flexibility index (Phi) is 8.25. The molecule has 2 amide bonds. The molecule has 7 nitrogen and oxygen atoms in total. The van der Waals surface area contributed by atoms with Crippen LogP contribution in [0.4, 0.5) is 5.69 Å². The molecule has 9 heteroatoms. The van der Waals surface area contributed by atoms with Gasteiger partial charge in [-0.2, -0.15) is 0 Å². The molecule has 0 radical (unpaired) electrons. The molecule has 1 N–H and O–H groups in total. The third kappa shape index (κ3) is 6.47. The monoisotopic (exact) mass is 451 g/mol. The predicted molar refractivity (Wildman–Crippen MR) is 119 cm³/mol. The Balaban J connectivity index is 2.34. The first kappa shape index (κ1) is 23.7.